The van der Waals surface area contributed by atoms with E-state index in [4.69, 9.17) is 7.85 Å². The zero-order valence-electron chi connectivity index (χ0n) is 2.89. The molecule has 27 valence electrons. The average Bonchev–Trinajstić information content (AvgIpc) is 1.76. The molecular weight excluding hydrogens is 66.8 g/mol. The Labute approximate surface area is 31.4 Å². The molecule has 0 aromatic rings. The Bertz CT molecular complexity index is 45.6. The summed E-state index contributed by atoms with van der Waals surface area (Å²) in [7, 11) is 5.02. The first-order valence-electron chi connectivity index (χ1n) is 1.36. The molecule has 0 spiro atoms. The Morgan fingerprint density at radius 3 is 1.80 bits per heavy atom. The molecule has 0 aromatic heterocycles. The normalized spacial score (nSPS) is 30.0. The van der Waals surface area contributed by atoms with Gasteiger partial charge in [0.2, 0.25) is 0 Å². The maximum absolute atomic E-state index is 5.02. The first kappa shape index (κ1) is 3.19. The van der Waals surface area contributed by atoms with Crippen molar-refractivity contribution in [2.75, 3.05) is 0 Å². The van der Waals surface area contributed by atoms with Crippen LogP contribution >= 0.6 is 0 Å². The van der Waals surface area contributed by atoms with Crippen LogP contribution in [0.4, 0.5) is 0 Å². The summed E-state index contributed by atoms with van der Waals surface area (Å²) < 4.78 is 0. The van der Waals surface area contributed by atoms with Crippen molar-refractivity contribution in [3.63, 3.8) is 0 Å². The molecule has 1 rings (SSSR count). The summed E-state index contributed by atoms with van der Waals surface area (Å²) in [6, 6.07) is 0. The van der Waals surface area contributed by atoms with Crippen molar-refractivity contribution in [2.24, 2.45) is 0 Å². The molecule has 1 aliphatic heterocycles. The van der Waals surface area contributed by atoms with E-state index >= 15 is 0 Å². The summed E-state index contributed by atoms with van der Waals surface area (Å²) >= 11 is 0. The van der Waals surface area contributed by atoms with Crippen LogP contribution in [0.25, 0.3) is 0 Å². The van der Waals surface area contributed by atoms with Crippen LogP contribution in [0, 0.1) is 0 Å². The van der Waals surface area contributed by atoms with Crippen molar-refractivity contribution in [3.8, 4) is 0 Å². The third-order valence-corrected chi connectivity index (χ3v) is 0.346. The highest BCUT2D eigenvalue weighted by Crippen LogP contribution is 2.22. The van der Waals surface area contributed by atoms with Crippen LogP contribution in [0.2, 0.25) is 0 Å². The van der Waals surface area contributed by atoms with Gasteiger partial charge < -0.3 is 7.85 Å². The summed E-state index contributed by atoms with van der Waals surface area (Å²) in [5, 5.41) is 0. The van der Waals surface area contributed by atoms with Gasteiger partial charge in [0, 0.05) is 5.69 Å². The van der Waals surface area contributed by atoms with Crippen LogP contribution < -0.4 is 0 Å². The molecule has 3 radical (unpaired) electrons. The molecule has 0 unspecified atom stereocenters. The molecule has 0 N–H and O–H groups in total. The van der Waals surface area contributed by atoms with Crippen molar-refractivity contribution >= 4 is 7.85 Å². The first-order valence-corrected chi connectivity index (χ1v) is 1.36. The lowest BCUT2D eigenvalue weighted by Crippen LogP contribution is -1.98. The van der Waals surface area contributed by atoms with Gasteiger partial charge in [0.1, 0.15) is 0 Å². The van der Waals surface area contributed by atoms with E-state index in [0.717, 1.165) is 0 Å². The van der Waals surface area contributed by atoms with Gasteiger partial charge >= 0.3 is 0 Å². The quantitative estimate of drug-likeness (QED) is 0.224. The molecule has 3 heteroatoms. The smallest absolute Gasteiger partial charge is 0.00612 e. The van der Waals surface area contributed by atoms with E-state index < -0.39 is 5.69 Å². The number of hydrogen-bond donors (Lipinski definition) is 0. The highest BCUT2D eigenvalue weighted by molar-refractivity contribution is 6.13. The molecule has 0 saturated carbocycles. The van der Waals surface area contributed by atoms with Crippen molar-refractivity contribution in [1.82, 2.24) is 0 Å². The largest absolute Gasteiger partial charge is 0.531 e. The van der Waals surface area contributed by atoms with Crippen LogP contribution in [0.15, 0.2) is 0 Å². The Hall–Kier alpha value is -0.0151. The van der Waals surface area contributed by atoms with Gasteiger partial charge in [-0.3, -0.25) is 0 Å². The summed E-state index contributed by atoms with van der Waals surface area (Å²) in [5.74, 6) is 0. The molecule has 1 fully saturated rings. The lowest BCUT2D eigenvalue weighted by Gasteiger charge is -1.96. The van der Waals surface area contributed by atoms with Crippen molar-refractivity contribution in [2.45, 2.75) is 12.6 Å². The SMILES string of the molecule is [B-]C1(C)OO1. The zero-order chi connectivity index (χ0) is 3.91. The van der Waals surface area contributed by atoms with Crippen molar-refractivity contribution < 1.29 is 9.78 Å². The Balaban J connectivity index is 2.38. The van der Waals surface area contributed by atoms with E-state index in [2.05, 4.69) is 9.78 Å². The predicted octanol–water partition coefficient (Wildman–Crippen LogP) is -0.210. The highest BCUT2D eigenvalue weighted by atomic mass is 17.4. The van der Waals surface area contributed by atoms with E-state index in [-0.39, 0.29) is 0 Å². The van der Waals surface area contributed by atoms with Gasteiger partial charge in [0.25, 0.3) is 0 Å². The first-order chi connectivity index (χ1) is 2.21. The van der Waals surface area contributed by atoms with Gasteiger partial charge in [-0.15, -0.1) is 0 Å². The molecule has 5 heavy (non-hydrogen) atoms. The summed E-state index contributed by atoms with van der Waals surface area (Å²) in [6.07, 6.45) is 0. The monoisotopic (exact) mass is 70.0 g/mol. The van der Waals surface area contributed by atoms with E-state index in [1.807, 2.05) is 0 Å². The van der Waals surface area contributed by atoms with Crippen LogP contribution in [0.3, 0.4) is 0 Å². The molecule has 1 aliphatic rings. The molecule has 1 saturated heterocycles. The Kier molecular flexibility index (Phi) is 0.355. The molecule has 0 amide bonds. The third kappa shape index (κ3) is 0.632. The number of rotatable bonds is 0. The minimum atomic E-state index is -0.750. The molecule has 1 heterocycles. The average molecular weight is 69.9 g/mol. The second-order valence-electron chi connectivity index (χ2n) is 1.18. The van der Waals surface area contributed by atoms with Gasteiger partial charge in [-0.25, -0.2) is 9.78 Å². The lowest BCUT2D eigenvalue weighted by atomic mass is 10.00. The predicted molar refractivity (Wildman–Crippen MR) is 16.3 cm³/mol. The van der Waals surface area contributed by atoms with E-state index in [1.165, 1.54) is 0 Å². The van der Waals surface area contributed by atoms with Crippen molar-refractivity contribution in [1.29, 1.82) is 0 Å². The van der Waals surface area contributed by atoms with Gasteiger partial charge in [-0.1, -0.05) is 0 Å². The second kappa shape index (κ2) is 0.557. The summed E-state index contributed by atoms with van der Waals surface area (Å²) in [4.78, 5) is 8.35. The third-order valence-electron chi connectivity index (χ3n) is 0.346. The summed E-state index contributed by atoms with van der Waals surface area (Å²) in [5.41, 5.74) is -0.750. The van der Waals surface area contributed by atoms with E-state index in [0.29, 0.717) is 0 Å². The van der Waals surface area contributed by atoms with Gasteiger partial charge in [0.05, 0.1) is 0 Å². The molecule has 0 atom stereocenters. The van der Waals surface area contributed by atoms with Gasteiger partial charge in [-0.2, -0.15) is 0 Å². The fourth-order valence-corrected chi connectivity index (χ4v) is 0.0657. The maximum atomic E-state index is 5.02. The highest BCUT2D eigenvalue weighted by Gasteiger charge is 2.20. The zero-order valence-corrected chi connectivity index (χ0v) is 2.89. The van der Waals surface area contributed by atoms with Crippen LogP contribution in [0.5, 0.6) is 0 Å². The maximum Gasteiger partial charge on any atom is 0.00612 e. The van der Waals surface area contributed by atoms with Crippen LogP contribution in [-0.2, 0) is 9.78 Å². The van der Waals surface area contributed by atoms with Crippen LogP contribution in [0.1, 0.15) is 6.92 Å². The fraction of sp³-hybridized carbons (Fsp3) is 1.00. The molecule has 0 bridgehead atoms. The van der Waals surface area contributed by atoms with E-state index in [9.17, 15) is 0 Å². The molecule has 2 nitrogen and oxygen atoms in total. The minimum absolute atomic E-state index is 0.750. The van der Waals surface area contributed by atoms with Crippen LogP contribution in [-0.4, -0.2) is 13.5 Å². The summed E-state index contributed by atoms with van der Waals surface area (Å²) in [6.45, 7) is 1.63. The Morgan fingerprint density at radius 1 is 1.60 bits per heavy atom. The molecule has 0 aliphatic carbocycles. The molecular formula is C2H3BO2-. The fourth-order valence-electron chi connectivity index (χ4n) is 0.0657. The number of hydrogen-bond acceptors (Lipinski definition) is 2. The topological polar surface area (TPSA) is 25.1 Å². The standard InChI is InChI=1S/C2H3BO2/c1-2(3)4-5-2/h1H3/q-1. The lowest BCUT2D eigenvalue weighted by molar-refractivity contribution is 0.0850. The van der Waals surface area contributed by atoms with E-state index in [1.54, 1.807) is 6.92 Å². The van der Waals surface area contributed by atoms with Crippen molar-refractivity contribution in [3.05, 3.63) is 0 Å². The minimum Gasteiger partial charge on any atom is -0.531 e. The molecule has 0 aromatic carbocycles. The Morgan fingerprint density at radius 2 is 1.80 bits per heavy atom. The van der Waals surface area contributed by atoms with Gasteiger partial charge in [0.15, 0.2) is 0 Å². The second-order valence-corrected chi connectivity index (χ2v) is 1.18. The van der Waals surface area contributed by atoms with Gasteiger partial charge in [-0.05, 0) is 6.92 Å².